The average Bonchev–Trinajstić information content (AvgIpc) is 3.25. The predicted molar refractivity (Wildman–Crippen MR) is 260 cm³/mol. The number of carbonyl (C=O) groups is 2. The van der Waals surface area contributed by atoms with Gasteiger partial charge in [-0.2, -0.15) is 0 Å². The van der Waals surface area contributed by atoms with Crippen LogP contribution >= 0.6 is 0 Å². The molecule has 0 saturated carbocycles. The van der Waals surface area contributed by atoms with Gasteiger partial charge in [-0.1, -0.05) is 187 Å². The monoisotopic (exact) mass is 827 g/mol. The fraction of sp³-hybridized carbons (Fsp3) is 0.564. The second-order valence-corrected chi connectivity index (χ2v) is 14.9. The predicted octanol–water partition coefficient (Wildman–Crippen LogP) is 16.0. The van der Waals surface area contributed by atoms with Gasteiger partial charge in [-0.15, -0.1) is 0 Å². The van der Waals surface area contributed by atoms with Crippen molar-refractivity contribution in [3.63, 3.8) is 0 Å². The summed E-state index contributed by atoms with van der Waals surface area (Å²) in [5.41, 5.74) is 0. The van der Waals surface area contributed by atoms with Crippen molar-refractivity contribution >= 4 is 11.9 Å². The molecule has 0 aromatic heterocycles. The molecular weight excluding hydrogens is 741 g/mol. The quantitative estimate of drug-likeness (QED) is 0.0349. The van der Waals surface area contributed by atoms with Crippen LogP contribution in [0.4, 0.5) is 0 Å². The summed E-state index contributed by atoms with van der Waals surface area (Å²) in [7, 11) is 0. The number of hydrogen-bond donors (Lipinski definition) is 0. The largest absolute Gasteiger partial charge is 0.462 e. The minimum absolute atomic E-state index is 0.0109. The number of unbranched alkanes of at least 4 members (excludes halogenated alkanes) is 8. The molecule has 0 N–H and O–H groups in total. The third kappa shape index (κ3) is 46.7. The molecule has 1 unspecified atom stereocenters. The topological polar surface area (TPSA) is 61.8 Å². The lowest BCUT2D eigenvalue weighted by atomic mass is 10.1. The van der Waals surface area contributed by atoms with E-state index in [4.69, 9.17) is 14.2 Å². The van der Waals surface area contributed by atoms with Gasteiger partial charge in [0.1, 0.15) is 6.61 Å². The van der Waals surface area contributed by atoms with Crippen molar-refractivity contribution < 1.29 is 23.8 Å². The van der Waals surface area contributed by atoms with E-state index in [9.17, 15) is 9.59 Å². The molecule has 0 aromatic carbocycles. The molecule has 336 valence electrons. The van der Waals surface area contributed by atoms with E-state index in [0.717, 1.165) is 103 Å². The van der Waals surface area contributed by atoms with Crippen molar-refractivity contribution in [2.45, 2.75) is 181 Å². The zero-order valence-corrected chi connectivity index (χ0v) is 38.4. The SMILES string of the molecule is CC/C=C\C/C=C\C/C=C\C/C=C\C/C=C\C/C=C\CCC(=O)OCC(COCCC/C=C\C/C=C\C/C=C\C/C=C\CC)OC(=O)CCCCCCC/C=C\CCCC. The molecule has 5 heteroatoms. The van der Waals surface area contributed by atoms with Gasteiger partial charge in [0.25, 0.3) is 0 Å². The standard InChI is InChI=1S/C55H86O5/c1-4-7-10-13-16-19-22-24-26-27-28-29-30-31-34-36-39-42-45-48-54(56)59-52-53(60-55(57)49-46-43-40-37-33-21-18-15-12-9-6-3)51-58-50-47-44-41-38-35-32-25-23-20-17-14-11-8-5-2/h7-8,10-11,15-20,24-26,28-29,31-32,34,38-39,41-42,53H,4-6,9,12-14,21-23,27,30,33,35-37,40,43-52H2,1-3H3/b10-7-,11-8-,18-15-,19-16-,20-17-,26-24-,29-28-,32-25-,34-31-,41-38-,42-39-. The summed E-state index contributed by atoms with van der Waals surface area (Å²) in [6.07, 6.45) is 70.5. The maximum Gasteiger partial charge on any atom is 0.306 e. The molecular formula is C55H86O5. The van der Waals surface area contributed by atoms with Crippen LogP contribution in [0.25, 0.3) is 0 Å². The molecule has 0 saturated heterocycles. The van der Waals surface area contributed by atoms with Crippen molar-refractivity contribution in [3.05, 3.63) is 134 Å². The summed E-state index contributed by atoms with van der Waals surface area (Å²) in [5.74, 6) is -0.550. The van der Waals surface area contributed by atoms with Gasteiger partial charge in [-0.25, -0.2) is 0 Å². The van der Waals surface area contributed by atoms with Gasteiger partial charge in [0.2, 0.25) is 0 Å². The van der Waals surface area contributed by atoms with Crippen LogP contribution in [-0.2, 0) is 23.8 Å². The normalized spacial score (nSPS) is 13.4. The molecule has 0 spiro atoms. The number of allylic oxidation sites excluding steroid dienone is 22. The minimum atomic E-state index is -0.607. The van der Waals surface area contributed by atoms with Crippen LogP contribution in [0.2, 0.25) is 0 Å². The first kappa shape index (κ1) is 56.0. The first-order chi connectivity index (χ1) is 29.6. The van der Waals surface area contributed by atoms with E-state index in [-0.39, 0.29) is 31.6 Å². The Morgan fingerprint density at radius 1 is 0.383 bits per heavy atom. The van der Waals surface area contributed by atoms with Crippen LogP contribution in [0, 0.1) is 0 Å². The summed E-state index contributed by atoms with van der Waals surface area (Å²) in [5, 5.41) is 0. The van der Waals surface area contributed by atoms with Crippen LogP contribution in [-0.4, -0.2) is 37.9 Å². The van der Waals surface area contributed by atoms with Gasteiger partial charge < -0.3 is 14.2 Å². The Kier molecular flexibility index (Phi) is 46.1. The molecule has 0 heterocycles. The molecule has 0 bridgehead atoms. The minimum Gasteiger partial charge on any atom is -0.462 e. The van der Waals surface area contributed by atoms with Crippen LogP contribution in [0.5, 0.6) is 0 Å². The smallest absolute Gasteiger partial charge is 0.306 e. The molecule has 0 aliphatic carbocycles. The van der Waals surface area contributed by atoms with Crippen LogP contribution < -0.4 is 0 Å². The van der Waals surface area contributed by atoms with E-state index in [2.05, 4.69) is 148 Å². The van der Waals surface area contributed by atoms with E-state index in [1.54, 1.807) is 0 Å². The number of esters is 2. The van der Waals surface area contributed by atoms with Gasteiger partial charge in [0.15, 0.2) is 6.10 Å². The molecule has 1 atom stereocenters. The fourth-order valence-electron chi connectivity index (χ4n) is 5.69. The van der Waals surface area contributed by atoms with E-state index in [0.29, 0.717) is 19.4 Å². The first-order valence-electron chi connectivity index (χ1n) is 23.7. The highest BCUT2D eigenvalue weighted by molar-refractivity contribution is 5.70. The zero-order valence-electron chi connectivity index (χ0n) is 38.4. The summed E-state index contributed by atoms with van der Waals surface area (Å²) in [6, 6.07) is 0. The lowest BCUT2D eigenvalue weighted by Gasteiger charge is -2.18. The maximum atomic E-state index is 12.7. The molecule has 5 nitrogen and oxygen atoms in total. The third-order valence-corrected chi connectivity index (χ3v) is 9.16. The molecule has 60 heavy (non-hydrogen) atoms. The Bertz CT molecular complexity index is 1300. The van der Waals surface area contributed by atoms with Gasteiger partial charge in [0.05, 0.1) is 6.61 Å². The van der Waals surface area contributed by atoms with Crippen LogP contribution in [0.3, 0.4) is 0 Å². The van der Waals surface area contributed by atoms with Gasteiger partial charge in [-0.3, -0.25) is 9.59 Å². The second kappa shape index (κ2) is 49.4. The van der Waals surface area contributed by atoms with Gasteiger partial charge in [0, 0.05) is 19.4 Å². The van der Waals surface area contributed by atoms with Gasteiger partial charge >= 0.3 is 11.9 Å². The van der Waals surface area contributed by atoms with Crippen molar-refractivity contribution in [3.8, 4) is 0 Å². The molecule has 0 aliphatic heterocycles. The summed E-state index contributed by atoms with van der Waals surface area (Å²) in [4.78, 5) is 25.3. The fourth-order valence-corrected chi connectivity index (χ4v) is 5.69. The number of ether oxygens (including phenoxy) is 3. The molecule has 0 radical (unpaired) electrons. The second-order valence-electron chi connectivity index (χ2n) is 14.9. The lowest BCUT2D eigenvalue weighted by Crippen LogP contribution is -2.30. The lowest BCUT2D eigenvalue weighted by molar-refractivity contribution is -0.162. The highest BCUT2D eigenvalue weighted by atomic mass is 16.6. The third-order valence-electron chi connectivity index (χ3n) is 9.16. The zero-order chi connectivity index (χ0) is 43.5. The Labute approximate surface area is 369 Å². The maximum absolute atomic E-state index is 12.7. The van der Waals surface area contributed by atoms with Crippen molar-refractivity contribution in [1.82, 2.24) is 0 Å². The summed E-state index contributed by atoms with van der Waals surface area (Å²) in [6.45, 7) is 7.30. The molecule has 0 aromatic rings. The number of rotatable bonds is 41. The van der Waals surface area contributed by atoms with E-state index >= 15 is 0 Å². The molecule has 0 fully saturated rings. The van der Waals surface area contributed by atoms with E-state index in [1.807, 2.05) is 6.08 Å². The number of hydrogen-bond acceptors (Lipinski definition) is 5. The highest BCUT2D eigenvalue weighted by Gasteiger charge is 2.17. The summed E-state index contributed by atoms with van der Waals surface area (Å²) >= 11 is 0. The van der Waals surface area contributed by atoms with Crippen molar-refractivity contribution in [2.75, 3.05) is 19.8 Å². The van der Waals surface area contributed by atoms with Crippen LogP contribution in [0.15, 0.2) is 134 Å². The summed E-state index contributed by atoms with van der Waals surface area (Å²) < 4.78 is 17.2. The Hall–Kier alpha value is -3.96. The Morgan fingerprint density at radius 3 is 1.28 bits per heavy atom. The molecule has 0 rings (SSSR count). The Morgan fingerprint density at radius 2 is 0.783 bits per heavy atom. The highest BCUT2D eigenvalue weighted by Crippen LogP contribution is 2.11. The average molecular weight is 827 g/mol. The van der Waals surface area contributed by atoms with Crippen LogP contribution in [0.1, 0.15) is 175 Å². The number of carbonyl (C=O) groups excluding carboxylic acids is 2. The van der Waals surface area contributed by atoms with E-state index in [1.165, 1.54) is 32.1 Å². The van der Waals surface area contributed by atoms with Crippen molar-refractivity contribution in [1.29, 1.82) is 0 Å². The molecule has 0 aliphatic rings. The first-order valence-corrected chi connectivity index (χ1v) is 23.7. The van der Waals surface area contributed by atoms with Crippen molar-refractivity contribution in [2.24, 2.45) is 0 Å². The van der Waals surface area contributed by atoms with Gasteiger partial charge in [-0.05, 0) is 109 Å². The van der Waals surface area contributed by atoms with E-state index < -0.39 is 6.10 Å². The Balaban J connectivity index is 4.48. The molecule has 0 amide bonds.